The summed E-state index contributed by atoms with van der Waals surface area (Å²) < 4.78 is 216. The van der Waals surface area contributed by atoms with E-state index in [1.165, 1.54) is 0 Å². The first-order chi connectivity index (χ1) is 18.4. The van der Waals surface area contributed by atoms with Gasteiger partial charge in [0.25, 0.3) is 16.8 Å². The molecule has 4 saturated carbocycles. The highest BCUT2D eigenvalue weighted by Crippen LogP contribution is 2.88. The number of aliphatic hydroxyl groups excluding tert-OH is 6. The van der Waals surface area contributed by atoms with Crippen LogP contribution in [-0.4, -0.2) is 147 Å². The molecule has 3 atom stereocenters. The maximum absolute atomic E-state index is 16.0. The van der Waals surface area contributed by atoms with Gasteiger partial charge in [-0.2, -0.15) is 52.7 Å². The molecule has 41 heavy (non-hydrogen) atoms. The normalized spacial score (nSPS) is 40.8. The summed E-state index contributed by atoms with van der Waals surface area (Å²) in [6.07, 6.45) is -8.36. The van der Waals surface area contributed by atoms with Crippen LogP contribution in [0.1, 0.15) is 0 Å². The van der Waals surface area contributed by atoms with E-state index in [2.05, 4.69) is 14.2 Å². The van der Waals surface area contributed by atoms with E-state index in [1.54, 1.807) is 0 Å². The SMILES string of the molecule is OCC(O)COC12C(F)(F)C3(F)C(F)(F)C(OCC(O)CO)(C1(F)F)C(F)(F)C(OCC(O)CO)(C3(F)F)C2(F)F. The fourth-order valence-corrected chi connectivity index (χ4v) is 5.47. The summed E-state index contributed by atoms with van der Waals surface area (Å²) >= 11 is 0. The number of hydrogen-bond acceptors (Lipinski definition) is 9. The number of aliphatic hydroxyl groups is 6. The highest BCUT2D eigenvalue weighted by atomic mass is 19.3. The lowest BCUT2D eigenvalue weighted by Crippen LogP contribution is -3.12. The Morgan fingerprint density at radius 1 is 0.390 bits per heavy atom. The first kappa shape index (κ1) is 34.2. The second kappa shape index (κ2) is 9.36. The van der Waals surface area contributed by atoms with Crippen LogP contribution in [0.2, 0.25) is 0 Å². The lowest BCUT2D eigenvalue weighted by Gasteiger charge is -2.77. The molecule has 4 rings (SSSR count). The largest absolute Gasteiger partial charge is 0.394 e. The van der Waals surface area contributed by atoms with Gasteiger partial charge in [-0.05, 0) is 0 Å². The lowest BCUT2D eigenvalue weighted by molar-refractivity contribution is -0.640. The molecule has 0 amide bonds. The zero-order valence-corrected chi connectivity index (χ0v) is 19.8. The molecule has 0 aliphatic heterocycles. The fraction of sp³-hybridized carbons (Fsp3) is 1.00. The van der Waals surface area contributed by atoms with Crippen LogP contribution in [0.25, 0.3) is 0 Å². The van der Waals surface area contributed by atoms with Crippen LogP contribution in [0.4, 0.5) is 57.1 Å². The summed E-state index contributed by atoms with van der Waals surface area (Å²) in [5.74, 6) is -45.0. The van der Waals surface area contributed by atoms with Crippen molar-refractivity contribution in [3.8, 4) is 0 Å². The molecule has 4 fully saturated rings. The molecule has 242 valence electrons. The monoisotopic (exact) mass is 640 g/mol. The average molecular weight is 640 g/mol. The Kier molecular flexibility index (Phi) is 7.82. The van der Waals surface area contributed by atoms with Crippen LogP contribution in [0, 0.1) is 0 Å². The Balaban J connectivity index is 2.62. The Morgan fingerprint density at radius 3 is 0.756 bits per heavy atom. The van der Waals surface area contributed by atoms with Crippen molar-refractivity contribution in [2.24, 2.45) is 0 Å². The number of hydrogen-bond donors (Lipinski definition) is 6. The van der Waals surface area contributed by atoms with E-state index in [9.17, 15) is 15.3 Å². The van der Waals surface area contributed by atoms with Gasteiger partial charge in [0.05, 0.1) is 39.6 Å². The number of alkyl halides is 13. The summed E-state index contributed by atoms with van der Waals surface area (Å²) in [4.78, 5) is 0. The molecule has 9 nitrogen and oxygen atoms in total. The van der Waals surface area contributed by atoms with Gasteiger partial charge in [0.15, 0.2) is 0 Å². The minimum absolute atomic E-state index is 1.73. The summed E-state index contributed by atoms with van der Waals surface area (Å²) in [7, 11) is 0. The van der Waals surface area contributed by atoms with Gasteiger partial charge >= 0.3 is 41.2 Å². The first-order valence-electron chi connectivity index (χ1n) is 11.1. The Hall–Kier alpha value is -1.27. The first-order valence-corrected chi connectivity index (χ1v) is 11.1. The van der Waals surface area contributed by atoms with Gasteiger partial charge < -0.3 is 44.8 Å². The lowest BCUT2D eigenvalue weighted by atomic mass is 9.38. The van der Waals surface area contributed by atoms with Crippen molar-refractivity contribution in [1.82, 2.24) is 0 Å². The molecule has 4 aliphatic rings. The van der Waals surface area contributed by atoms with Gasteiger partial charge in [-0.15, -0.1) is 0 Å². The van der Waals surface area contributed by atoms with Crippen molar-refractivity contribution >= 4 is 0 Å². The van der Waals surface area contributed by atoms with Crippen molar-refractivity contribution in [2.75, 3.05) is 39.6 Å². The van der Waals surface area contributed by atoms with E-state index in [-0.39, 0.29) is 0 Å². The van der Waals surface area contributed by atoms with Gasteiger partial charge in [0, 0.05) is 0 Å². The highest BCUT2D eigenvalue weighted by molar-refractivity contribution is 5.55. The van der Waals surface area contributed by atoms with E-state index in [1.807, 2.05) is 0 Å². The van der Waals surface area contributed by atoms with Gasteiger partial charge in [0.1, 0.15) is 18.3 Å². The van der Waals surface area contributed by atoms with Crippen molar-refractivity contribution in [1.29, 1.82) is 0 Å². The number of halogens is 13. The van der Waals surface area contributed by atoms with Gasteiger partial charge in [-0.3, -0.25) is 0 Å². The highest BCUT2D eigenvalue weighted by Gasteiger charge is 3.22. The maximum Gasteiger partial charge on any atom is 0.334 e. The third kappa shape index (κ3) is 3.06. The summed E-state index contributed by atoms with van der Waals surface area (Å²) in [6, 6.07) is 0. The van der Waals surface area contributed by atoms with Crippen LogP contribution in [0.3, 0.4) is 0 Å². The predicted octanol–water partition coefficient (Wildman–Crippen LogP) is -0.127. The second-order valence-corrected chi connectivity index (χ2v) is 9.59. The predicted molar refractivity (Wildman–Crippen MR) is 98.8 cm³/mol. The van der Waals surface area contributed by atoms with Crippen LogP contribution in [0.5, 0.6) is 0 Å². The quantitative estimate of drug-likeness (QED) is 0.161. The van der Waals surface area contributed by atoms with E-state index < -0.39 is 116 Å². The van der Waals surface area contributed by atoms with Gasteiger partial charge in [-0.25, -0.2) is 4.39 Å². The second-order valence-electron chi connectivity index (χ2n) is 9.59. The summed E-state index contributed by atoms with van der Waals surface area (Å²) in [6.45, 7) is -12.5. The van der Waals surface area contributed by atoms with Crippen LogP contribution < -0.4 is 0 Å². The third-order valence-corrected chi connectivity index (χ3v) is 7.39. The standard InChI is InChI=1S/C19H21F13O9/c20-10-14(21,22)11(39-4-7(36)1-33)17(27,28)12(15(10,23)24,40-5-8(37)2-34)19(31,32)13(16(10,25)26,18(11,29)30)41-6-9(38)3-35/h7-9,33-38H,1-6H2. The molecule has 22 heteroatoms. The fourth-order valence-electron chi connectivity index (χ4n) is 5.47. The minimum atomic E-state index is -7.60. The number of ether oxygens (including phenoxy) is 3. The van der Waals surface area contributed by atoms with Crippen molar-refractivity contribution in [3.05, 3.63) is 0 Å². The van der Waals surface area contributed by atoms with Gasteiger partial charge in [-0.1, -0.05) is 0 Å². The van der Waals surface area contributed by atoms with E-state index in [0.717, 1.165) is 0 Å². The summed E-state index contributed by atoms with van der Waals surface area (Å²) in [5.41, 5.74) is -28.2. The van der Waals surface area contributed by atoms with E-state index in [0.29, 0.717) is 0 Å². The molecule has 0 spiro atoms. The molecule has 4 bridgehead atoms. The molecule has 0 aromatic heterocycles. The van der Waals surface area contributed by atoms with E-state index in [4.69, 9.17) is 15.3 Å². The van der Waals surface area contributed by atoms with Crippen LogP contribution in [-0.2, 0) is 14.2 Å². The van der Waals surface area contributed by atoms with Crippen molar-refractivity contribution in [2.45, 2.75) is 76.3 Å². The van der Waals surface area contributed by atoms with Crippen LogP contribution in [0.15, 0.2) is 0 Å². The molecular weight excluding hydrogens is 619 g/mol. The minimum Gasteiger partial charge on any atom is -0.394 e. The Labute approximate surface area is 219 Å². The maximum atomic E-state index is 16.0. The summed E-state index contributed by atoms with van der Waals surface area (Å²) in [5, 5.41) is 54.5. The number of rotatable bonds is 12. The molecule has 0 heterocycles. The molecular formula is C19H21F13O9. The zero-order chi connectivity index (χ0) is 32.1. The molecule has 0 saturated heterocycles. The molecule has 0 radical (unpaired) electrons. The van der Waals surface area contributed by atoms with Crippen molar-refractivity contribution < 1.29 is 102 Å². The Morgan fingerprint density at radius 2 is 0.585 bits per heavy atom. The molecule has 0 aromatic carbocycles. The van der Waals surface area contributed by atoms with Crippen molar-refractivity contribution in [3.63, 3.8) is 0 Å². The van der Waals surface area contributed by atoms with Gasteiger partial charge in [0.2, 0.25) is 0 Å². The van der Waals surface area contributed by atoms with E-state index >= 15 is 57.1 Å². The topological polar surface area (TPSA) is 149 Å². The average Bonchev–Trinajstić information content (AvgIpc) is 2.84. The third-order valence-electron chi connectivity index (χ3n) is 7.39. The van der Waals surface area contributed by atoms with Crippen LogP contribution >= 0.6 is 0 Å². The zero-order valence-electron chi connectivity index (χ0n) is 19.8. The Bertz CT molecular complexity index is 871. The molecule has 4 aliphatic carbocycles. The smallest absolute Gasteiger partial charge is 0.334 e. The molecule has 6 N–H and O–H groups in total. The molecule has 0 aromatic rings. The molecule has 3 unspecified atom stereocenters.